The minimum atomic E-state index is 0.579. The van der Waals surface area contributed by atoms with Gasteiger partial charge in [0.25, 0.3) is 0 Å². The van der Waals surface area contributed by atoms with Crippen molar-refractivity contribution in [2.24, 2.45) is 0 Å². The molecule has 1 aromatic rings. The summed E-state index contributed by atoms with van der Waals surface area (Å²) in [6.07, 6.45) is 7.55. The van der Waals surface area contributed by atoms with Crippen LogP contribution < -0.4 is 0 Å². The number of hydrogen-bond acceptors (Lipinski definition) is 4. The average molecular weight is 242 g/mol. The smallest absolute Gasteiger partial charge is 0.101 e. The molecule has 4 nitrogen and oxygen atoms in total. The van der Waals surface area contributed by atoms with Crippen molar-refractivity contribution in [3.8, 4) is 6.07 Å². The third-order valence-corrected chi connectivity index (χ3v) is 2.14. The second-order valence-corrected chi connectivity index (χ2v) is 4.34. The average Bonchev–Trinajstić information content (AvgIpc) is 2.33. The number of rotatable bonds is 4. The van der Waals surface area contributed by atoms with Gasteiger partial charge in [-0.2, -0.15) is 5.26 Å². The van der Waals surface area contributed by atoms with Crippen molar-refractivity contribution in [1.82, 2.24) is 14.8 Å². The van der Waals surface area contributed by atoms with Crippen LogP contribution in [0, 0.1) is 11.3 Å². The molecule has 18 heavy (non-hydrogen) atoms. The highest BCUT2D eigenvalue weighted by Crippen LogP contribution is 2.10. The molecule has 0 atom stereocenters. The van der Waals surface area contributed by atoms with Gasteiger partial charge in [0.1, 0.15) is 6.07 Å². The molecule has 0 N–H and O–H groups in total. The molecule has 1 rings (SSSR count). The largest absolute Gasteiger partial charge is 0.383 e. The molecule has 0 aliphatic heterocycles. The van der Waals surface area contributed by atoms with Crippen molar-refractivity contribution < 1.29 is 0 Å². The fraction of sp³-hybridized carbons (Fsp3) is 0.286. The molecule has 0 aliphatic carbocycles. The van der Waals surface area contributed by atoms with E-state index < -0.39 is 0 Å². The van der Waals surface area contributed by atoms with Crippen LogP contribution in [0.25, 0.3) is 12.2 Å². The van der Waals surface area contributed by atoms with Crippen LogP contribution in [0.3, 0.4) is 0 Å². The zero-order chi connectivity index (χ0) is 13.5. The van der Waals surface area contributed by atoms with Crippen molar-refractivity contribution in [3.63, 3.8) is 0 Å². The Labute approximate surface area is 108 Å². The van der Waals surface area contributed by atoms with E-state index in [9.17, 15) is 0 Å². The summed E-state index contributed by atoms with van der Waals surface area (Å²) in [5.74, 6) is 0. The second kappa shape index (κ2) is 6.45. The van der Waals surface area contributed by atoms with Gasteiger partial charge in [0.2, 0.25) is 0 Å². The minimum absolute atomic E-state index is 0.579. The maximum atomic E-state index is 9.03. The first-order chi connectivity index (χ1) is 8.52. The minimum Gasteiger partial charge on any atom is -0.383 e. The molecule has 0 fully saturated rings. The van der Waals surface area contributed by atoms with Crippen molar-refractivity contribution in [3.05, 3.63) is 41.5 Å². The Morgan fingerprint density at radius 1 is 1.06 bits per heavy atom. The summed E-state index contributed by atoms with van der Waals surface area (Å²) in [4.78, 5) is 8.29. The van der Waals surface area contributed by atoms with Gasteiger partial charge in [-0.1, -0.05) is 0 Å². The van der Waals surface area contributed by atoms with Crippen LogP contribution in [-0.2, 0) is 0 Å². The van der Waals surface area contributed by atoms with E-state index in [1.165, 1.54) is 0 Å². The summed E-state index contributed by atoms with van der Waals surface area (Å²) >= 11 is 0. The van der Waals surface area contributed by atoms with Crippen molar-refractivity contribution >= 4 is 12.2 Å². The SMILES string of the molecule is CN(C)/C=C/c1ccc(C#N)c(/C=C/N(C)C)n1. The predicted octanol–water partition coefficient (Wildman–Crippen LogP) is 2.02. The first-order valence-corrected chi connectivity index (χ1v) is 5.63. The molecule has 94 valence electrons. The predicted molar refractivity (Wildman–Crippen MR) is 74.4 cm³/mol. The van der Waals surface area contributed by atoms with Crippen LogP contribution in [0.4, 0.5) is 0 Å². The summed E-state index contributed by atoms with van der Waals surface area (Å²) in [6.45, 7) is 0. The van der Waals surface area contributed by atoms with Gasteiger partial charge in [-0.25, -0.2) is 4.98 Å². The zero-order valence-corrected chi connectivity index (χ0v) is 11.3. The van der Waals surface area contributed by atoms with Crippen LogP contribution in [0.15, 0.2) is 24.5 Å². The molecule has 0 saturated heterocycles. The molecular formula is C14H18N4. The quantitative estimate of drug-likeness (QED) is 0.810. The lowest BCUT2D eigenvalue weighted by atomic mass is 10.2. The molecule has 0 saturated carbocycles. The summed E-state index contributed by atoms with van der Waals surface area (Å²) in [5.41, 5.74) is 2.10. The van der Waals surface area contributed by atoms with Crippen LogP contribution in [-0.4, -0.2) is 43.0 Å². The van der Waals surface area contributed by atoms with Crippen LogP contribution in [0.2, 0.25) is 0 Å². The van der Waals surface area contributed by atoms with Crippen molar-refractivity contribution in [2.75, 3.05) is 28.2 Å². The van der Waals surface area contributed by atoms with Gasteiger partial charge in [-0.3, -0.25) is 0 Å². The zero-order valence-electron chi connectivity index (χ0n) is 11.3. The molecule has 1 heterocycles. The highest BCUT2D eigenvalue weighted by atomic mass is 15.0. The molecule has 0 aromatic carbocycles. The van der Waals surface area contributed by atoms with E-state index in [1.54, 1.807) is 6.07 Å². The number of pyridine rings is 1. The van der Waals surface area contributed by atoms with Gasteiger partial charge < -0.3 is 9.80 Å². The monoisotopic (exact) mass is 242 g/mol. The van der Waals surface area contributed by atoms with Gasteiger partial charge >= 0.3 is 0 Å². The number of nitrogens with zero attached hydrogens (tertiary/aromatic N) is 4. The molecule has 0 amide bonds. The number of aromatic nitrogens is 1. The Kier molecular flexibility index (Phi) is 4.94. The van der Waals surface area contributed by atoms with E-state index >= 15 is 0 Å². The van der Waals surface area contributed by atoms with E-state index in [-0.39, 0.29) is 0 Å². The van der Waals surface area contributed by atoms with Gasteiger partial charge in [0.05, 0.1) is 17.0 Å². The third-order valence-electron chi connectivity index (χ3n) is 2.14. The summed E-state index contributed by atoms with van der Waals surface area (Å²) in [5, 5.41) is 9.03. The van der Waals surface area contributed by atoms with E-state index in [2.05, 4.69) is 11.1 Å². The van der Waals surface area contributed by atoms with E-state index in [0.717, 1.165) is 5.69 Å². The topological polar surface area (TPSA) is 43.2 Å². The van der Waals surface area contributed by atoms with Gasteiger partial charge in [0, 0.05) is 40.6 Å². The summed E-state index contributed by atoms with van der Waals surface area (Å²) in [6, 6.07) is 5.77. The second-order valence-electron chi connectivity index (χ2n) is 4.34. The van der Waals surface area contributed by atoms with E-state index in [1.807, 2.05) is 68.6 Å². The Bertz CT molecular complexity index is 493. The third kappa shape index (κ3) is 4.30. The first kappa shape index (κ1) is 13.8. The molecule has 0 spiro atoms. The molecule has 4 heteroatoms. The molecule has 0 unspecified atom stereocenters. The van der Waals surface area contributed by atoms with Crippen molar-refractivity contribution in [2.45, 2.75) is 0 Å². The Morgan fingerprint density at radius 3 is 2.22 bits per heavy atom. The fourth-order valence-corrected chi connectivity index (χ4v) is 1.25. The van der Waals surface area contributed by atoms with Crippen LogP contribution >= 0.6 is 0 Å². The molecule has 1 aromatic heterocycles. The highest BCUT2D eigenvalue weighted by molar-refractivity contribution is 5.57. The maximum Gasteiger partial charge on any atom is 0.101 e. The summed E-state index contributed by atoms with van der Waals surface area (Å²) in [7, 11) is 7.76. The Morgan fingerprint density at radius 2 is 1.67 bits per heavy atom. The van der Waals surface area contributed by atoms with E-state index in [0.29, 0.717) is 11.3 Å². The normalized spacial score (nSPS) is 10.8. The van der Waals surface area contributed by atoms with Crippen molar-refractivity contribution in [1.29, 1.82) is 5.26 Å². The van der Waals surface area contributed by atoms with Gasteiger partial charge in [-0.15, -0.1) is 0 Å². The molecule has 0 bridgehead atoms. The number of hydrogen-bond donors (Lipinski definition) is 0. The first-order valence-electron chi connectivity index (χ1n) is 5.63. The van der Waals surface area contributed by atoms with Gasteiger partial charge in [0.15, 0.2) is 0 Å². The molecule has 0 aliphatic rings. The Balaban J connectivity index is 3.06. The standard InChI is InChI=1S/C14H18N4/c1-17(2)9-7-13-6-5-12(11-15)14(16-13)8-10-18(3)4/h5-10H,1-4H3/b9-7+,10-8+. The lowest BCUT2D eigenvalue weighted by molar-refractivity contribution is 0.567. The van der Waals surface area contributed by atoms with Crippen LogP contribution in [0.5, 0.6) is 0 Å². The maximum absolute atomic E-state index is 9.03. The number of nitriles is 1. The highest BCUT2D eigenvalue weighted by Gasteiger charge is 2.01. The summed E-state index contributed by atoms with van der Waals surface area (Å²) < 4.78 is 0. The molecular weight excluding hydrogens is 224 g/mol. The van der Waals surface area contributed by atoms with Crippen LogP contribution in [0.1, 0.15) is 17.0 Å². The van der Waals surface area contributed by atoms with E-state index in [4.69, 9.17) is 5.26 Å². The molecule has 0 radical (unpaired) electrons. The Hall–Kier alpha value is -2.28. The van der Waals surface area contributed by atoms with Gasteiger partial charge in [-0.05, 0) is 24.3 Å². The lowest BCUT2D eigenvalue weighted by Gasteiger charge is -2.05. The fourth-order valence-electron chi connectivity index (χ4n) is 1.25. The lowest BCUT2D eigenvalue weighted by Crippen LogP contribution is -2.01.